The smallest absolute Gasteiger partial charge is 0.315 e. The summed E-state index contributed by atoms with van der Waals surface area (Å²) in [6.45, 7) is 9.41. The number of urea groups is 1. The van der Waals surface area contributed by atoms with Crippen molar-refractivity contribution in [3.05, 3.63) is 29.6 Å². The van der Waals surface area contributed by atoms with Gasteiger partial charge in [0.05, 0.1) is 17.9 Å². The van der Waals surface area contributed by atoms with Crippen LogP contribution < -0.4 is 15.5 Å². The molecule has 0 saturated carbocycles. The van der Waals surface area contributed by atoms with Crippen LogP contribution in [0.2, 0.25) is 0 Å². The van der Waals surface area contributed by atoms with E-state index in [-0.39, 0.29) is 30.1 Å². The Morgan fingerprint density at radius 1 is 1.35 bits per heavy atom. The van der Waals surface area contributed by atoms with Crippen molar-refractivity contribution in [3.8, 4) is 0 Å². The number of rotatable bonds is 4. The Labute approximate surface area is 137 Å². The van der Waals surface area contributed by atoms with Gasteiger partial charge in [0.1, 0.15) is 5.82 Å². The second-order valence-electron chi connectivity index (χ2n) is 6.43. The third-order valence-corrected chi connectivity index (χ3v) is 3.65. The summed E-state index contributed by atoms with van der Waals surface area (Å²) < 4.78 is 20.1. The summed E-state index contributed by atoms with van der Waals surface area (Å²) in [7, 11) is 0. The van der Waals surface area contributed by atoms with Gasteiger partial charge in [0.15, 0.2) is 0 Å². The zero-order chi connectivity index (χ0) is 17.0. The lowest BCUT2D eigenvalue weighted by atomic mass is 10.1. The topological polar surface area (TPSA) is 53.6 Å². The Hall–Kier alpha value is -1.82. The fourth-order valence-corrected chi connectivity index (χ4v) is 2.79. The number of hydrogen-bond donors (Lipinski definition) is 2. The van der Waals surface area contributed by atoms with Crippen molar-refractivity contribution in [2.45, 2.75) is 52.5 Å². The number of ether oxygens (including phenoxy) is 1. The van der Waals surface area contributed by atoms with E-state index < -0.39 is 0 Å². The monoisotopic (exact) mass is 323 g/mol. The third-order valence-electron chi connectivity index (χ3n) is 3.65. The van der Waals surface area contributed by atoms with E-state index in [4.69, 9.17) is 4.74 Å². The summed E-state index contributed by atoms with van der Waals surface area (Å²) in [5.74, 6) is -0.269. The quantitative estimate of drug-likeness (QED) is 0.896. The molecular formula is C17H26FN3O2. The molecule has 1 aliphatic rings. The van der Waals surface area contributed by atoms with Crippen molar-refractivity contribution in [2.75, 3.05) is 18.0 Å². The van der Waals surface area contributed by atoms with Gasteiger partial charge in [0, 0.05) is 25.7 Å². The van der Waals surface area contributed by atoms with Gasteiger partial charge in [-0.1, -0.05) is 6.07 Å². The van der Waals surface area contributed by atoms with Crippen molar-refractivity contribution < 1.29 is 13.9 Å². The molecule has 2 rings (SSSR count). The molecule has 1 saturated heterocycles. The Kier molecular flexibility index (Phi) is 5.82. The largest absolute Gasteiger partial charge is 0.372 e. The minimum absolute atomic E-state index is 0.0689. The molecule has 2 amide bonds. The SMILES string of the molecule is CC(C)NC(=O)NCc1ccc(N2C[C@@H](C)O[C@H](C)C2)c(F)c1. The van der Waals surface area contributed by atoms with Crippen LogP contribution in [0.5, 0.6) is 0 Å². The van der Waals surface area contributed by atoms with Crippen molar-refractivity contribution >= 4 is 11.7 Å². The van der Waals surface area contributed by atoms with Crippen molar-refractivity contribution in [3.63, 3.8) is 0 Å². The molecule has 2 atom stereocenters. The molecule has 1 aromatic carbocycles. The maximum absolute atomic E-state index is 14.4. The zero-order valence-electron chi connectivity index (χ0n) is 14.2. The molecule has 23 heavy (non-hydrogen) atoms. The van der Waals surface area contributed by atoms with Crippen LogP contribution in [0.15, 0.2) is 18.2 Å². The maximum atomic E-state index is 14.4. The standard InChI is InChI=1S/C17H26FN3O2/c1-11(2)20-17(22)19-8-14-5-6-16(15(18)7-14)21-9-12(3)23-13(4)10-21/h5-7,11-13H,8-10H2,1-4H3,(H2,19,20,22)/t12-,13-/m1/s1. The van der Waals surface area contributed by atoms with E-state index in [9.17, 15) is 9.18 Å². The van der Waals surface area contributed by atoms with Crippen LogP contribution >= 0.6 is 0 Å². The van der Waals surface area contributed by atoms with Crippen LogP contribution in [0.25, 0.3) is 0 Å². The molecule has 1 heterocycles. The number of nitrogens with zero attached hydrogens (tertiary/aromatic N) is 1. The van der Waals surface area contributed by atoms with Gasteiger partial charge in [-0.3, -0.25) is 0 Å². The van der Waals surface area contributed by atoms with Gasteiger partial charge in [0.25, 0.3) is 0 Å². The minimum Gasteiger partial charge on any atom is -0.372 e. The highest BCUT2D eigenvalue weighted by Crippen LogP contribution is 2.24. The zero-order valence-corrected chi connectivity index (χ0v) is 14.2. The molecule has 6 heteroatoms. The molecule has 5 nitrogen and oxygen atoms in total. The van der Waals surface area contributed by atoms with Crippen LogP contribution in [0.4, 0.5) is 14.9 Å². The summed E-state index contributed by atoms with van der Waals surface area (Å²) in [4.78, 5) is 13.6. The second-order valence-corrected chi connectivity index (χ2v) is 6.43. The predicted molar refractivity (Wildman–Crippen MR) is 89.1 cm³/mol. The highest BCUT2D eigenvalue weighted by Gasteiger charge is 2.24. The average Bonchev–Trinajstić information content (AvgIpc) is 2.43. The third kappa shape index (κ3) is 5.10. The van der Waals surface area contributed by atoms with E-state index in [1.807, 2.05) is 38.7 Å². The van der Waals surface area contributed by atoms with E-state index in [0.717, 1.165) is 5.56 Å². The molecule has 1 fully saturated rings. The van der Waals surface area contributed by atoms with Gasteiger partial charge in [-0.2, -0.15) is 0 Å². The number of hydrogen-bond acceptors (Lipinski definition) is 3. The van der Waals surface area contributed by atoms with Gasteiger partial charge in [-0.15, -0.1) is 0 Å². The van der Waals surface area contributed by atoms with E-state index in [1.54, 1.807) is 6.07 Å². The normalized spacial score (nSPS) is 21.4. The molecule has 128 valence electrons. The first kappa shape index (κ1) is 17.5. The maximum Gasteiger partial charge on any atom is 0.315 e. The van der Waals surface area contributed by atoms with Crippen molar-refractivity contribution in [1.29, 1.82) is 0 Å². The Morgan fingerprint density at radius 3 is 2.57 bits per heavy atom. The molecule has 0 aromatic heterocycles. The summed E-state index contributed by atoms with van der Waals surface area (Å²) in [6, 6.07) is 4.92. The molecule has 1 aliphatic heterocycles. The highest BCUT2D eigenvalue weighted by molar-refractivity contribution is 5.74. The number of morpholine rings is 1. The first-order valence-corrected chi connectivity index (χ1v) is 8.08. The molecular weight excluding hydrogens is 297 g/mol. The second kappa shape index (κ2) is 7.64. The Balaban J connectivity index is 1.99. The van der Waals surface area contributed by atoms with Gasteiger partial charge in [-0.25, -0.2) is 9.18 Å². The molecule has 1 aromatic rings. The number of carbonyl (C=O) groups is 1. The van der Waals surface area contributed by atoms with Gasteiger partial charge in [0.2, 0.25) is 0 Å². The molecule has 0 radical (unpaired) electrons. The average molecular weight is 323 g/mol. The number of anilines is 1. The molecule has 0 unspecified atom stereocenters. The van der Waals surface area contributed by atoms with Gasteiger partial charge in [-0.05, 0) is 45.4 Å². The number of benzene rings is 1. The highest BCUT2D eigenvalue weighted by atomic mass is 19.1. The van der Waals surface area contributed by atoms with E-state index in [2.05, 4.69) is 10.6 Å². The lowest BCUT2D eigenvalue weighted by Gasteiger charge is -2.37. The minimum atomic E-state index is -0.269. The molecule has 0 bridgehead atoms. The van der Waals surface area contributed by atoms with Crippen LogP contribution in [-0.2, 0) is 11.3 Å². The number of carbonyl (C=O) groups excluding carboxylic acids is 1. The van der Waals surface area contributed by atoms with Crippen molar-refractivity contribution in [1.82, 2.24) is 10.6 Å². The van der Waals surface area contributed by atoms with Gasteiger partial charge < -0.3 is 20.3 Å². The van der Waals surface area contributed by atoms with E-state index >= 15 is 0 Å². The lowest BCUT2D eigenvalue weighted by molar-refractivity contribution is -0.00539. The lowest BCUT2D eigenvalue weighted by Crippen LogP contribution is -2.45. The van der Waals surface area contributed by atoms with Crippen LogP contribution in [0, 0.1) is 5.82 Å². The van der Waals surface area contributed by atoms with E-state index in [0.29, 0.717) is 25.3 Å². The Bertz CT molecular complexity index is 541. The molecule has 2 N–H and O–H groups in total. The summed E-state index contributed by atoms with van der Waals surface area (Å²) in [5.41, 5.74) is 1.32. The number of halogens is 1. The number of nitrogens with one attached hydrogen (secondary N) is 2. The number of amides is 2. The van der Waals surface area contributed by atoms with Gasteiger partial charge >= 0.3 is 6.03 Å². The van der Waals surface area contributed by atoms with Crippen LogP contribution in [0.3, 0.4) is 0 Å². The fourth-order valence-electron chi connectivity index (χ4n) is 2.79. The summed E-state index contributed by atoms with van der Waals surface area (Å²) in [6.07, 6.45) is 0.165. The Morgan fingerprint density at radius 2 is 2.00 bits per heavy atom. The molecule has 0 aliphatic carbocycles. The predicted octanol–water partition coefficient (Wildman–Crippen LogP) is 2.65. The summed E-state index contributed by atoms with van der Waals surface area (Å²) >= 11 is 0. The van der Waals surface area contributed by atoms with Crippen molar-refractivity contribution in [2.24, 2.45) is 0 Å². The molecule has 0 spiro atoms. The fraction of sp³-hybridized carbons (Fsp3) is 0.588. The van der Waals surface area contributed by atoms with Crippen LogP contribution in [-0.4, -0.2) is 37.4 Å². The van der Waals surface area contributed by atoms with E-state index in [1.165, 1.54) is 6.07 Å². The summed E-state index contributed by atoms with van der Waals surface area (Å²) in [5, 5.41) is 5.45. The van der Waals surface area contributed by atoms with Crippen LogP contribution in [0.1, 0.15) is 33.3 Å². The first-order chi connectivity index (χ1) is 10.8. The first-order valence-electron chi connectivity index (χ1n) is 8.08.